The Labute approximate surface area is 186 Å². The first kappa shape index (κ1) is 21.1. The molecule has 1 fully saturated rings. The summed E-state index contributed by atoms with van der Waals surface area (Å²) in [4.78, 5) is 14.9. The van der Waals surface area contributed by atoms with Crippen molar-refractivity contribution >= 4 is 39.8 Å². The molecule has 0 radical (unpaired) electrons. The molecule has 1 unspecified atom stereocenters. The average Bonchev–Trinajstić information content (AvgIpc) is 3.09. The van der Waals surface area contributed by atoms with Crippen LogP contribution in [0.2, 0.25) is 0 Å². The number of rotatable bonds is 7. The number of fused-ring (bicyclic) bond motifs is 1. The molecule has 3 aromatic carbocycles. The van der Waals surface area contributed by atoms with Crippen LogP contribution in [0.1, 0.15) is 30.9 Å². The van der Waals surface area contributed by atoms with Gasteiger partial charge < -0.3 is 4.74 Å². The van der Waals surface area contributed by atoms with Crippen LogP contribution in [-0.4, -0.2) is 34.5 Å². The maximum Gasteiger partial charge on any atom is 0.242 e. The van der Waals surface area contributed by atoms with Gasteiger partial charge in [0.15, 0.2) is 5.17 Å². The van der Waals surface area contributed by atoms with Crippen LogP contribution in [0.15, 0.2) is 76.9 Å². The number of thioether (sulfide) groups is 1. The van der Waals surface area contributed by atoms with Crippen molar-refractivity contribution in [3.63, 3.8) is 0 Å². The van der Waals surface area contributed by atoms with Crippen LogP contribution in [0.5, 0.6) is 5.75 Å². The van der Waals surface area contributed by atoms with Gasteiger partial charge in [-0.05, 0) is 52.6 Å². The molecule has 158 valence electrons. The third kappa shape index (κ3) is 4.80. The molecule has 0 bridgehead atoms. The predicted octanol–water partition coefficient (Wildman–Crippen LogP) is 5.48. The predicted molar refractivity (Wildman–Crippen MR) is 129 cm³/mol. The highest BCUT2D eigenvalue weighted by Gasteiger charge is 2.37. The van der Waals surface area contributed by atoms with Gasteiger partial charge in [-0.2, -0.15) is 5.10 Å². The summed E-state index contributed by atoms with van der Waals surface area (Å²) in [7, 11) is 1.64. The summed E-state index contributed by atoms with van der Waals surface area (Å²) in [6.07, 6.45) is 3.48. The molecule has 1 aliphatic rings. The molecule has 3 aromatic rings. The summed E-state index contributed by atoms with van der Waals surface area (Å²) in [6.45, 7) is 2.59. The second-order valence-electron chi connectivity index (χ2n) is 7.36. The van der Waals surface area contributed by atoms with Crippen molar-refractivity contribution < 1.29 is 9.53 Å². The fraction of sp³-hybridized carbons (Fsp3) is 0.240. The number of amidine groups is 1. The van der Waals surface area contributed by atoms with Crippen LogP contribution in [0.25, 0.3) is 10.8 Å². The van der Waals surface area contributed by atoms with E-state index in [2.05, 4.69) is 41.4 Å². The molecule has 0 aromatic heterocycles. The fourth-order valence-corrected chi connectivity index (χ4v) is 4.82. The molecular weight excluding hydrogens is 406 g/mol. The lowest BCUT2D eigenvalue weighted by atomic mass is 10.0. The van der Waals surface area contributed by atoms with Gasteiger partial charge in [0.25, 0.3) is 0 Å². The van der Waals surface area contributed by atoms with Gasteiger partial charge in [0, 0.05) is 0 Å². The van der Waals surface area contributed by atoms with Crippen molar-refractivity contribution in [3.05, 3.63) is 77.9 Å². The van der Waals surface area contributed by atoms with E-state index in [4.69, 9.17) is 4.74 Å². The zero-order valence-corrected chi connectivity index (χ0v) is 18.5. The summed E-state index contributed by atoms with van der Waals surface area (Å²) < 4.78 is 5.18. The molecule has 1 atom stereocenters. The molecule has 4 rings (SSSR count). The van der Waals surface area contributed by atoms with Crippen molar-refractivity contribution in [1.29, 1.82) is 0 Å². The Balaban J connectivity index is 1.60. The highest BCUT2D eigenvalue weighted by atomic mass is 32.2. The molecule has 1 heterocycles. The minimum absolute atomic E-state index is 0.102. The Morgan fingerprint density at radius 2 is 1.84 bits per heavy atom. The number of benzene rings is 3. The normalized spacial score (nSPS) is 17.9. The first-order valence-electron chi connectivity index (χ1n) is 10.4. The van der Waals surface area contributed by atoms with Gasteiger partial charge in [-0.25, -0.2) is 0 Å². The highest BCUT2D eigenvalue weighted by Crippen LogP contribution is 2.32. The van der Waals surface area contributed by atoms with E-state index >= 15 is 0 Å². The monoisotopic (exact) mass is 431 g/mol. The molecule has 0 spiro atoms. The van der Waals surface area contributed by atoms with E-state index in [1.54, 1.807) is 18.2 Å². The molecular formula is C25H25N3O2S. The molecule has 0 aliphatic carbocycles. The van der Waals surface area contributed by atoms with Crippen molar-refractivity contribution in [2.45, 2.75) is 31.6 Å². The molecule has 6 heteroatoms. The van der Waals surface area contributed by atoms with Crippen LogP contribution in [0.4, 0.5) is 0 Å². The molecule has 1 saturated heterocycles. The van der Waals surface area contributed by atoms with Crippen molar-refractivity contribution in [2.24, 2.45) is 10.2 Å². The number of nitrogens with zero attached hydrogens (tertiary/aromatic N) is 3. The van der Waals surface area contributed by atoms with E-state index in [9.17, 15) is 4.79 Å². The van der Waals surface area contributed by atoms with Crippen molar-refractivity contribution in [1.82, 2.24) is 4.90 Å². The third-order valence-corrected chi connectivity index (χ3v) is 6.48. The minimum atomic E-state index is -0.102. The van der Waals surface area contributed by atoms with Crippen LogP contribution in [0, 0.1) is 0 Å². The van der Waals surface area contributed by atoms with Gasteiger partial charge in [-0.1, -0.05) is 67.6 Å². The Bertz CT molecular complexity index is 1120. The Morgan fingerprint density at radius 1 is 1.06 bits per heavy atom. The van der Waals surface area contributed by atoms with Gasteiger partial charge in [-0.15, -0.1) is 5.10 Å². The second-order valence-corrected chi connectivity index (χ2v) is 8.53. The lowest BCUT2D eigenvalue weighted by Crippen LogP contribution is -2.31. The number of carbonyl (C=O) groups is 1. The largest absolute Gasteiger partial charge is 0.497 e. The molecule has 0 saturated carbocycles. The van der Waals surface area contributed by atoms with Crippen molar-refractivity contribution in [3.8, 4) is 5.75 Å². The fourth-order valence-electron chi connectivity index (χ4n) is 3.61. The molecule has 1 aliphatic heterocycles. The summed E-state index contributed by atoms with van der Waals surface area (Å²) in [5.41, 5.74) is 2.03. The van der Waals surface area contributed by atoms with Crippen LogP contribution in [0.3, 0.4) is 0 Å². The van der Waals surface area contributed by atoms with Gasteiger partial charge in [0.2, 0.25) is 5.91 Å². The van der Waals surface area contributed by atoms with E-state index in [0.717, 1.165) is 35.1 Å². The third-order valence-electron chi connectivity index (χ3n) is 5.25. The minimum Gasteiger partial charge on any atom is -0.497 e. The van der Waals surface area contributed by atoms with Gasteiger partial charge >= 0.3 is 0 Å². The number of hydrogen-bond acceptors (Lipinski definition) is 5. The second kappa shape index (κ2) is 9.79. The maximum atomic E-state index is 13.1. The molecule has 1 amide bonds. The first-order valence-corrected chi connectivity index (χ1v) is 11.3. The Kier molecular flexibility index (Phi) is 6.67. The van der Waals surface area contributed by atoms with E-state index < -0.39 is 0 Å². The van der Waals surface area contributed by atoms with E-state index in [1.807, 2.05) is 42.5 Å². The number of hydrogen-bond donors (Lipinski definition) is 0. The Hall–Kier alpha value is -3.12. The smallest absolute Gasteiger partial charge is 0.242 e. The highest BCUT2D eigenvalue weighted by molar-refractivity contribution is 8.15. The molecule has 0 N–H and O–H groups in total. The van der Waals surface area contributed by atoms with Gasteiger partial charge in [0.1, 0.15) is 5.75 Å². The van der Waals surface area contributed by atoms with E-state index in [-0.39, 0.29) is 11.2 Å². The van der Waals surface area contributed by atoms with Crippen molar-refractivity contribution in [2.75, 3.05) is 7.11 Å². The number of ether oxygens (including phenoxy) is 1. The number of methoxy groups -OCH3 is 1. The summed E-state index contributed by atoms with van der Waals surface area (Å²) in [6, 6.07) is 22.0. The lowest BCUT2D eigenvalue weighted by molar-refractivity contribution is -0.126. The van der Waals surface area contributed by atoms with Crippen LogP contribution in [-0.2, 0) is 11.3 Å². The zero-order chi connectivity index (χ0) is 21.6. The zero-order valence-electron chi connectivity index (χ0n) is 17.7. The Morgan fingerprint density at radius 3 is 2.61 bits per heavy atom. The summed E-state index contributed by atoms with van der Waals surface area (Å²) in [5, 5.41) is 11.6. The van der Waals surface area contributed by atoms with Crippen LogP contribution >= 0.6 is 11.8 Å². The van der Waals surface area contributed by atoms with Gasteiger partial charge in [0.05, 0.1) is 25.1 Å². The lowest BCUT2D eigenvalue weighted by Gasteiger charge is -2.17. The first-order chi connectivity index (χ1) is 15.2. The standard InChI is InChI=1S/C25H25N3O2S/c1-3-7-23-24(29)28(17-20-10-6-9-19-8-4-5-11-22(19)20)25(31-23)27-26-16-18-12-14-21(30-2)15-13-18/h4-6,8-16,23H,3,7,17H2,1-2H3. The van der Waals surface area contributed by atoms with E-state index in [1.165, 1.54) is 17.1 Å². The summed E-state index contributed by atoms with van der Waals surface area (Å²) in [5.74, 6) is 0.905. The molecule has 5 nitrogen and oxygen atoms in total. The average molecular weight is 432 g/mol. The van der Waals surface area contributed by atoms with Crippen LogP contribution < -0.4 is 4.74 Å². The molecule has 31 heavy (non-hydrogen) atoms. The van der Waals surface area contributed by atoms with Gasteiger partial charge in [-0.3, -0.25) is 9.69 Å². The SMILES string of the molecule is CCCC1SC(=NN=Cc2ccc(OC)cc2)N(Cc2cccc3ccccc23)C1=O. The quantitative estimate of drug-likeness (QED) is 0.368. The maximum absolute atomic E-state index is 13.1. The van der Waals surface area contributed by atoms with E-state index in [0.29, 0.717) is 11.7 Å². The topological polar surface area (TPSA) is 54.3 Å². The summed E-state index contributed by atoms with van der Waals surface area (Å²) >= 11 is 1.51. The number of amides is 1. The number of carbonyl (C=O) groups excluding carboxylic acids is 1.